The molecule has 1 aliphatic rings. The van der Waals surface area contributed by atoms with Crippen molar-refractivity contribution in [1.82, 2.24) is 4.31 Å². The normalized spacial score (nSPS) is 17.9. The van der Waals surface area contributed by atoms with Crippen LogP contribution < -0.4 is 5.32 Å². The van der Waals surface area contributed by atoms with E-state index in [2.05, 4.69) is 21.2 Å². The molecule has 0 radical (unpaired) electrons. The number of sulfonamides is 1. The third-order valence-corrected chi connectivity index (χ3v) is 8.20. The van der Waals surface area contributed by atoms with Crippen molar-refractivity contribution < 1.29 is 13.2 Å². The predicted molar refractivity (Wildman–Crippen MR) is 121 cm³/mol. The second kappa shape index (κ2) is 9.35. The van der Waals surface area contributed by atoms with Crippen molar-refractivity contribution in [3.63, 3.8) is 0 Å². The molecule has 1 atom stereocenters. The summed E-state index contributed by atoms with van der Waals surface area (Å²) in [5.74, 6) is -0.789. The van der Waals surface area contributed by atoms with Gasteiger partial charge in [-0.2, -0.15) is 0 Å². The van der Waals surface area contributed by atoms with Crippen LogP contribution in [0.25, 0.3) is 0 Å². The Morgan fingerprint density at radius 3 is 2.69 bits per heavy atom. The Kier molecular flexibility index (Phi) is 7.27. The summed E-state index contributed by atoms with van der Waals surface area (Å²) >= 11 is 15.5. The molecule has 5 nitrogen and oxygen atoms in total. The van der Waals surface area contributed by atoms with Gasteiger partial charge in [-0.3, -0.25) is 4.79 Å². The number of hydrogen-bond donors (Lipinski definition) is 1. The van der Waals surface area contributed by atoms with Gasteiger partial charge in [-0.15, -0.1) is 0 Å². The highest BCUT2D eigenvalue weighted by Gasteiger charge is 2.32. The lowest BCUT2D eigenvalue weighted by Crippen LogP contribution is -2.44. The molecule has 1 amide bonds. The number of halogens is 3. The first-order chi connectivity index (χ1) is 13.7. The van der Waals surface area contributed by atoms with Gasteiger partial charge in [0.1, 0.15) is 0 Å². The van der Waals surface area contributed by atoms with E-state index in [0.717, 1.165) is 10.0 Å². The number of aryl methyl sites for hydroxylation is 1. The molecular weight excluding hydrogens is 499 g/mol. The molecule has 1 fully saturated rings. The maximum atomic E-state index is 12.9. The van der Waals surface area contributed by atoms with Crippen molar-refractivity contribution in [3.05, 3.63) is 62.0 Å². The van der Waals surface area contributed by atoms with Crippen LogP contribution in [0.4, 0.5) is 5.69 Å². The van der Waals surface area contributed by atoms with Gasteiger partial charge >= 0.3 is 0 Å². The van der Waals surface area contributed by atoms with Gasteiger partial charge in [-0.1, -0.05) is 45.2 Å². The van der Waals surface area contributed by atoms with Crippen LogP contribution in [0.15, 0.2) is 40.9 Å². The lowest BCUT2D eigenvalue weighted by Gasteiger charge is -2.31. The third-order valence-electron chi connectivity index (χ3n) is 4.93. The number of nitrogens with zero attached hydrogens (tertiary/aromatic N) is 1. The first kappa shape index (κ1) is 22.6. The summed E-state index contributed by atoms with van der Waals surface area (Å²) in [4.78, 5) is 12.7. The van der Waals surface area contributed by atoms with E-state index in [1.807, 2.05) is 25.1 Å². The molecule has 1 heterocycles. The second-order valence-corrected chi connectivity index (χ2v) is 10.8. The lowest BCUT2D eigenvalue weighted by atomic mass is 9.98. The predicted octanol–water partition coefficient (Wildman–Crippen LogP) is 5.24. The minimum Gasteiger partial charge on any atom is -0.326 e. The average molecular weight is 520 g/mol. The highest BCUT2D eigenvalue weighted by Crippen LogP contribution is 2.27. The van der Waals surface area contributed by atoms with Gasteiger partial charge in [0.2, 0.25) is 15.9 Å². The molecule has 0 aliphatic carbocycles. The zero-order valence-corrected chi connectivity index (χ0v) is 19.7. The minimum absolute atomic E-state index is 0.162. The largest absolute Gasteiger partial charge is 0.326 e. The molecule has 2 aromatic rings. The van der Waals surface area contributed by atoms with Gasteiger partial charge in [0.25, 0.3) is 0 Å². The van der Waals surface area contributed by atoms with Crippen LogP contribution >= 0.6 is 39.1 Å². The van der Waals surface area contributed by atoms with E-state index in [-0.39, 0.29) is 18.2 Å². The van der Waals surface area contributed by atoms with E-state index in [9.17, 15) is 13.2 Å². The van der Waals surface area contributed by atoms with E-state index in [4.69, 9.17) is 23.2 Å². The van der Waals surface area contributed by atoms with Crippen LogP contribution in [0, 0.1) is 12.8 Å². The summed E-state index contributed by atoms with van der Waals surface area (Å²) in [5, 5.41) is 3.67. The quantitative estimate of drug-likeness (QED) is 0.587. The molecule has 3 rings (SSSR count). The fraction of sp³-hybridized carbons (Fsp3) is 0.350. The second-order valence-electron chi connectivity index (χ2n) is 7.14. The number of piperidine rings is 1. The molecule has 156 valence electrons. The fourth-order valence-electron chi connectivity index (χ4n) is 3.30. The Morgan fingerprint density at radius 1 is 1.24 bits per heavy atom. The van der Waals surface area contributed by atoms with E-state index in [1.54, 1.807) is 12.1 Å². The molecule has 2 aromatic carbocycles. The van der Waals surface area contributed by atoms with Crippen LogP contribution in [0.3, 0.4) is 0 Å². The average Bonchev–Trinajstić information content (AvgIpc) is 2.67. The summed E-state index contributed by atoms with van der Waals surface area (Å²) in [6.45, 7) is 2.50. The van der Waals surface area contributed by atoms with E-state index < -0.39 is 15.9 Å². The molecule has 0 spiro atoms. The number of carbonyl (C=O) groups is 1. The Morgan fingerprint density at radius 2 is 2.00 bits per heavy atom. The van der Waals surface area contributed by atoms with Crippen LogP contribution in [0.5, 0.6) is 0 Å². The number of hydrogen-bond acceptors (Lipinski definition) is 3. The first-order valence-corrected chi connectivity index (χ1v) is 12.3. The molecular formula is C20H21BrCl2N2O3S. The van der Waals surface area contributed by atoms with Crippen molar-refractivity contribution in [3.8, 4) is 0 Å². The molecule has 9 heteroatoms. The summed E-state index contributed by atoms with van der Waals surface area (Å²) < 4.78 is 28.1. The maximum Gasteiger partial charge on any atom is 0.228 e. The monoisotopic (exact) mass is 518 g/mol. The van der Waals surface area contributed by atoms with E-state index in [1.165, 1.54) is 10.4 Å². The van der Waals surface area contributed by atoms with Gasteiger partial charge in [-0.25, -0.2) is 12.7 Å². The molecule has 1 saturated heterocycles. The van der Waals surface area contributed by atoms with Crippen LogP contribution in [0.1, 0.15) is 24.0 Å². The van der Waals surface area contributed by atoms with Crippen molar-refractivity contribution in [1.29, 1.82) is 0 Å². The number of carbonyl (C=O) groups excluding carboxylic acids is 1. The van der Waals surface area contributed by atoms with Gasteiger partial charge in [-0.05, 0) is 61.2 Å². The van der Waals surface area contributed by atoms with Gasteiger partial charge in [0.05, 0.1) is 11.7 Å². The van der Waals surface area contributed by atoms with Gasteiger partial charge in [0, 0.05) is 33.3 Å². The summed E-state index contributed by atoms with van der Waals surface area (Å²) in [7, 11) is -3.60. The Hall–Kier alpha value is -1.12. The van der Waals surface area contributed by atoms with Crippen LogP contribution in [-0.4, -0.2) is 31.7 Å². The molecule has 1 unspecified atom stereocenters. The number of rotatable bonds is 5. The standard InChI is InChI=1S/C20H21BrCl2N2O3S/c1-13-9-17(6-7-18(13)21)24-20(26)14-3-2-8-25(11-14)29(27,28)12-15-4-5-16(22)10-19(15)23/h4-7,9-10,14H,2-3,8,11-12H2,1H3,(H,24,26). The van der Waals surface area contributed by atoms with Crippen molar-refractivity contribution in [2.75, 3.05) is 18.4 Å². The minimum atomic E-state index is -3.60. The zero-order chi connectivity index (χ0) is 21.2. The van der Waals surface area contributed by atoms with Crippen molar-refractivity contribution >= 4 is 60.7 Å². The SMILES string of the molecule is Cc1cc(NC(=O)C2CCCN(S(=O)(=O)Cc3ccc(Cl)cc3Cl)C2)ccc1Br. The molecule has 0 saturated carbocycles. The summed E-state index contributed by atoms with van der Waals surface area (Å²) in [6.07, 6.45) is 1.28. The molecule has 1 N–H and O–H groups in total. The highest BCUT2D eigenvalue weighted by atomic mass is 79.9. The Labute approximate surface area is 189 Å². The number of benzene rings is 2. The van der Waals surface area contributed by atoms with Crippen molar-refractivity contribution in [2.45, 2.75) is 25.5 Å². The molecule has 0 bridgehead atoms. The summed E-state index contributed by atoms with van der Waals surface area (Å²) in [6, 6.07) is 10.3. The number of anilines is 1. The fourth-order valence-corrected chi connectivity index (χ4v) is 5.75. The van der Waals surface area contributed by atoms with Crippen LogP contribution in [-0.2, 0) is 20.6 Å². The zero-order valence-electron chi connectivity index (χ0n) is 15.8. The molecule has 29 heavy (non-hydrogen) atoms. The number of nitrogens with one attached hydrogen (secondary N) is 1. The van der Waals surface area contributed by atoms with E-state index >= 15 is 0 Å². The Bertz CT molecular complexity index is 1030. The van der Waals surface area contributed by atoms with Gasteiger partial charge < -0.3 is 5.32 Å². The highest BCUT2D eigenvalue weighted by molar-refractivity contribution is 9.10. The maximum absolute atomic E-state index is 12.9. The van der Waals surface area contributed by atoms with Gasteiger partial charge in [0.15, 0.2) is 0 Å². The van der Waals surface area contributed by atoms with Crippen LogP contribution in [0.2, 0.25) is 10.0 Å². The summed E-state index contributed by atoms with van der Waals surface area (Å²) in [5.41, 5.74) is 2.20. The topological polar surface area (TPSA) is 66.5 Å². The Balaban J connectivity index is 1.68. The first-order valence-electron chi connectivity index (χ1n) is 9.14. The molecule has 0 aromatic heterocycles. The molecule has 1 aliphatic heterocycles. The third kappa shape index (κ3) is 5.73. The lowest BCUT2D eigenvalue weighted by molar-refractivity contribution is -0.120. The van der Waals surface area contributed by atoms with E-state index in [0.29, 0.717) is 40.7 Å². The number of amides is 1. The smallest absolute Gasteiger partial charge is 0.228 e. The van der Waals surface area contributed by atoms with Crippen molar-refractivity contribution in [2.24, 2.45) is 5.92 Å².